The number of imidazole rings is 1. The summed E-state index contributed by atoms with van der Waals surface area (Å²) in [5.74, 6) is -2.29. The second kappa shape index (κ2) is 10.4. The number of carboxylic acids is 1. The zero-order valence-electron chi connectivity index (χ0n) is 19.9. The molecule has 0 unspecified atom stereocenters. The first kappa shape index (κ1) is 25.3. The summed E-state index contributed by atoms with van der Waals surface area (Å²) >= 11 is 1.44. The fourth-order valence-electron chi connectivity index (χ4n) is 5.46. The van der Waals surface area contributed by atoms with Gasteiger partial charge >= 0.3 is 12.1 Å². The van der Waals surface area contributed by atoms with Gasteiger partial charge in [0.05, 0.1) is 24.4 Å². The fourth-order valence-corrected chi connectivity index (χ4v) is 7.02. The van der Waals surface area contributed by atoms with Crippen LogP contribution in [-0.2, 0) is 20.9 Å². The van der Waals surface area contributed by atoms with Crippen LogP contribution in [0.4, 0.5) is 4.79 Å². The largest absolute Gasteiger partial charge is 0.477 e. The number of amides is 2. The summed E-state index contributed by atoms with van der Waals surface area (Å²) in [6.45, 7) is 8.41. The minimum Gasteiger partial charge on any atom is -0.477 e. The molecule has 0 radical (unpaired) electrons. The number of thioether (sulfide) groups is 1. The van der Waals surface area contributed by atoms with Crippen molar-refractivity contribution >= 4 is 29.7 Å². The Morgan fingerprint density at radius 3 is 2.83 bits per heavy atom. The molecule has 6 atom stereocenters. The molecule has 35 heavy (non-hydrogen) atoms. The van der Waals surface area contributed by atoms with Gasteiger partial charge in [0.25, 0.3) is 0 Å². The highest BCUT2D eigenvalue weighted by atomic mass is 32.2. The van der Waals surface area contributed by atoms with Crippen LogP contribution in [-0.4, -0.2) is 84.1 Å². The summed E-state index contributed by atoms with van der Waals surface area (Å²) in [6.07, 6.45) is 7.99. The molecule has 11 heteroatoms. The Labute approximate surface area is 208 Å². The van der Waals surface area contributed by atoms with E-state index >= 15 is 0 Å². The van der Waals surface area contributed by atoms with Crippen molar-refractivity contribution in [3.8, 4) is 0 Å². The summed E-state index contributed by atoms with van der Waals surface area (Å²) in [4.78, 5) is 45.2. The maximum absolute atomic E-state index is 12.7. The van der Waals surface area contributed by atoms with Crippen molar-refractivity contribution in [2.24, 2.45) is 11.8 Å². The molecular weight excluding hydrogens is 472 g/mol. The summed E-state index contributed by atoms with van der Waals surface area (Å²) in [7, 11) is 0. The molecular formula is C24H32N4O6S. The maximum Gasteiger partial charge on any atom is 0.410 e. The van der Waals surface area contributed by atoms with Crippen LogP contribution < -0.4 is 0 Å². The number of aromatic nitrogens is 2. The van der Waals surface area contributed by atoms with Crippen molar-refractivity contribution in [1.29, 1.82) is 0 Å². The lowest BCUT2D eigenvalue weighted by atomic mass is 9.79. The van der Waals surface area contributed by atoms with E-state index in [1.165, 1.54) is 22.7 Å². The van der Waals surface area contributed by atoms with Crippen LogP contribution in [0, 0.1) is 11.8 Å². The molecule has 0 spiro atoms. The standard InChI is InChI=1S/C24H32N4O6S/c1-4-10-34-24(33)27-12-17(11-16(27)6-5-8-26-9-7-25-13-26)35-21-14(2)19-18(15(3)29)22(30)28(19)20(21)23(31)32/h4,7,9,13-19,29H,1,5-6,8,10-12H2,2-3H3,(H,31,32)/t14-,15-,16-,17+,18-,19-/m1/s1. The highest BCUT2D eigenvalue weighted by Crippen LogP contribution is 2.52. The van der Waals surface area contributed by atoms with E-state index in [0.29, 0.717) is 17.9 Å². The molecule has 2 saturated heterocycles. The first-order valence-corrected chi connectivity index (χ1v) is 12.8. The average Bonchev–Trinajstić information content (AvgIpc) is 3.51. The van der Waals surface area contributed by atoms with Gasteiger partial charge in [-0.1, -0.05) is 19.6 Å². The van der Waals surface area contributed by atoms with Crippen molar-refractivity contribution in [3.05, 3.63) is 42.0 Å². The minimum atomic E-state index is -1.14. The van der Waals surface area contributed by atoms with Crippen molar-refractivity contribution in [2.75, 3.05) is 13.2 Å². The molecule has 0 aromatic carbocycles. The van der Waals surface area contributed by atoms with Crippen molar-refractivity contribution in [3.63, 3.8) is 0 Å². The first-order chi connectivity index (χ1) is 16.7. The lowest BCUT2D eigenvalue weighted by molar-refractivity contribution is -0.163. The number of aliphatic hydroxyl groups is 1. The Balaban J connectivity index is 1.48. The van der Waals surface area contributed by atoms with E-state index in [2.05, 4.69) is 11.6 Å². The molecule has 1 aromatic heterocycles. The summed E-state index contributed by atoms with van der Waals surface area (Å²) in [5, 5.41) is 19.9. The van der Waals surface area contributed by atoms with Crippen LogP contribution in [0.5, 0.6) is 0 Å². The van der Waals surface area contributed by atoms with E-state index in [0.717, 1.165) is 19.4 Å². The number of aliphatic hydroxyl groups excluding tert-OH is 1. The van der Waals surface area contributed by atoms with Crippen LogP contribution >= 0.6 is 11.8 Å². The highest BCUT2D eigenvalue weighted by molar-refractivity contribution is 8.03. The third-order valence-electron chi connectivity index (χ3n) is 7.05. The monoisotopic (exact) mass is 504 g/mol. The second-order valence-electron chi connectivity index (χ2n) is 9.36. The van der Waals surface area contributed by atoms with Gasteiger partial charge in [-0.05, 0) is 26.2 Å². The van der Waals surface area contributed by atoms with Gasteiger partial charge in [0, 0.05) is 47.6 Å². The quantitative estimate of drug-likeness (QED) is 0.367. The smallest absolute Gasteiger partial charge is 0.410 e. The Morgan fingerprint density at radius 1 is 1.43 bits per heavy atom. The van der Waals surface area contributed by atoms with Gasteiger partial charge in [0.2, 0.25) is 5.91 Å². The third-order valence-corrected chi connectivity index (χ3v) is 8.55. The van der Waals surface area contributed by atoms with Gasteiger partial charge in [-0.2, -0.15) is 0 Å². The third kappa shape index (κ3) is 4.84. The second-order valence-corrected chi connectivity index (χ2v) is 10.7. The number of carbonyl (C=O) groups is 3. The van der Waals surface area contributed by atoms with E-state index in [4.69, 9.17) is 4.74 Å². The van der Waals surface area contributed by atoms with Gasteiger partial charge in [0.15, 0.2) is 0 Å². The topological polar surface area (TPSA) is 125 Å². The summed E-state index contributed by atoms with van der Waals surface area (Å²) in [5.41, 5.74) is 0.0127. The summed E-state index contributed by atoms with van der Waals surface area (Å²) in [6, 6.07) is -0.389. The number of fused-ring (bicyclic) bond motifs is 1. The molecule has 2 N–H and O–H groups in total. The van der Waals surface area contributed by atoms with E-state index < -0.39 is 24.1 Å². The Hall–Kier alpha value is -2.79. The molecule has 2 fully saturated rings. The predicted molar refractivity (Wildman–Crippen MR) is 129 cm³/mol. The molecule has 0 aliphatic carbocycles. The number of aliphatic carboxylic acids is 1. The fraction of sp³-hybridized carbons (Fsp3) is 0.583. The number of likely N-dealkylation sites (tertiary alicyclic amines) is 1. The Bertz CT molecular complexity index is 1010. The van der Waals surface area contributed by atoms with Crippen LogP contribution in [0.1, 0.15) is 33.1 Å². The minimum absolute atomic E-state index is 0.0127. The Kier molecular flexibility index (Phi) is 7.56. The lowest BCUT2D eigenvalue weighted by Gasteiger charge is -2.46. The zero-order chi connectivity index (χ0) is 25.3. The van der Waals surface area contributed by atoms with Gasteiger partial charge in [-0.25, -0.2) is 14.6 Å². The molecule has 1 aromatic rings. The zero-order valence-corrected chi connectivity index (χ0v) is 20.8. The number of ether oxygens (including phenoxy) is 1. The van der Waals surface area contributed by atoms with Crippen LogP contribution in [0.2, 0.25) is 0 Å². The number of carboxylic acid groups (broad SMARTS) is 1. The molecule has 0 saturated carbocycles. The summed E-state index contributed by atoms with van der Waals surface area (Å²) < 4.78 is 7.30. The molecule has 3 aliphatic heterocycles. The average molecular weight is 505 g/mol. The molecule has 190 valence electrons. The van der Waals surface area contributed by atoms with Crippen molar-refractivity contribution in [2.45, 2.75) is 63.1 Å². The number of hydrogen-bond acceptors (Lipinski definition) is 7. The number of rotatable bonds is 10. The van der Waals surface area contributed by atoms with Gasteiger partial charge in [0.1, 0.15) is 12.3 Å². The first-order valence-electron chi connectivity index (χ1n) is 11.9. The van der Waals surface area contributed by atoms with Crippen molar-refractivity contribution in [1.82, 2.24) is 19.4 Å². The van der Waals surface area contributed by atoms with Gasteiger partial charge < -0.3 is 29.3 Å². The normalized spacial score (nSPS) is 28.7. The van der Waals surface area contributed by atoms with E-state index in [1.54, 1.807) is 24.3 Å². The van der Waals surface area contributed by atoms with Crippen LogP contribution in [0.15, 0.2) is 42.0 Å². The molecule has 4 rings (SSSR count). The van der Waals surface area contributed by atoms with E-state index in [1.807, 2.05) is 17.7 Å². The number of hydrogen-bond donors (Lipinski definition) is 2. The Morgan fingerprint density at radius 2 is 2.20 bits per heavy atom. The van der Waals surface area contributed by atoms with Crippen molar-refractivity contribution < 1.29 is 29.3 Å². The number of carbonyl (C=O) groups excluding carboxylic acids is 2. The molecule has 3 aliphatic rings. The van der Waals surface area contributed by atoms with Crippen LogP contribution in [0.3, 0.4) is 0 Å². The predicted octanol–water partition coefficient (Wildman–Crippen LogP) is 2.32. The van der Waals surface area contributed by atoms with Crippen LogP contribution in [0.25, 0.3) is 0 Å². The molecule has 2 amide bonds. The molecule has 10 nitrogen and oxygen atoms in total. The van der Waals surface area contributed by atoms with E-state index in [9.17, 15) is 24.6 Å². The van der Waals surface area contributed by atoms with Gasteiger partial charge in [-0.15, -0.1) is 11.8 Å². The van der Waals surface area contributed by atoms with Gasteiger partial charge in [-0.3, -0.25) is 4.79 Å². The molecule has 4 heterocycles. The highest BCUT2D eigenvalue weighted by Gasteiger charge is 2.60. The lowest BCUT2D eigenvalue weighted by Crippen LogP contribution is -2.63. The number of nitrogens with zero attached hydrogens (tertiary/aromatic N) is 4. The maximum atomic E-state index is 12.7. The number of β-lactam (4-membered cyclic amide) rings is 1. The van der Waals surface area contributed by atoms with E-state index in [-0.39, 0.29) is 41.5 Å². The number of aryl methyl sites for hydroxylation is 1. The molecule has 0 bridgehead atoms. The SMILES string of the molecule is C=CCOC(=O)N1C[C@@H](SC2=C(C(=O)O)N3C(=O)[C@H]([C@@H](C)O)[C@H]3[C@H]2C)C[C@H]1CCCn1ccnc1.